The van der Waals surface area contributed by atoms with Crippen molar-refractivity contribution in [2.24, 2.45) is 0 Å². The van der Waals surface area contributed by atoms with Crippen LogP contribution in [0.15, 0.2) is 24.3 Å². The van der Waals surface area contributed by atoms with Crippen LogP contribution in [0.25, 0.3) is 0 Å². The molecule has 0 rings (SSSR count). The van der Waals surface area contributed by atoms with Gasteiger partial charge in [0.2, 0.25) is 0 Å². The summed E-state index contributed by atoms with van der Waals surface area (Å²) >= 11 is 0. The van der Waals surface area contributed by atoms with Crippen LogP contribution in [0.2, 0.25) is 0 Å². The van der Waals surface area contributed by atoms with E-state index in [9.17, 15) is 14.4 Å². The van der Waals surface area contributed by atoms with E-state index >= 15 is 0 Å². The topological polar surface area (TPSA) is 78.9 Å². The molecule has 0 aromatic rings. The highest BCUT2D eigenvalue weighted by Crippen LogP contribution is 2.18. The lowest BCUT2D eigenvalue weighted by atomic mass is 10.0. The summed E-state index contributed by atoms with van der Waals surface area (Å²) in [7, 11) is 0. The molecule has 0 aliphatic rings. The summed E-state index contributed by atoms with van der Waals surface area (Å²) in [6, 6.07) is 0. The number of carbonyl (C=O) groups is 3. The van der Waals surface area contributed by atoms with E-state index in [1.165, 1.54) is 205 Å². The first-order valence-electron chi connectivity index (χ1n) is 29.8. The van der Waals surface area contributed by atoms with Gasteiger partial charge in [0.05, 0.1) is 0 Å². The van der Waals surface area contributed by atoms with Crippen LogP contribution in [-0.4, -0.2) is 37.2 Å². The molecule has 0 N–H and O–H groups in total. The largest absolute Gasteiger partial charge is 0.462 e. The Morgan fingerprint density at radius 2 is 0.537 bits per heavy atom. The maximum absolute atomic E-state index is 12.8. The summed E-state index contributed by atoms with van der Waals surface area (Å²) in [5, 5.41) is 0. The van der Waals surface area contributed by atoms with E-state index in [4.69, 9.17) is 14.2 Å². The monoisotopic (exact) mass is 943 g/mol. The number of esters is 3. The van der Waals surface area contributed by atoms with Crippen LogP contribution < -0.4 is 0 Å². The van der Waals surface area contributed by atoms with Crippen LogP contribution in [0.4, 0.5) is 0 Å². The first-order chi connectivity index (χ1) is 33.0. The zero-order valence-corrected chi connectivity index (χ0v) is 45.2. The number of ether oxygens (including phenoxy) is 3. The smallest absolute Gasteiger partial charge is 0.306 e. The highest BCUT2D eigenvalue weighted by atomic mass is 16.6. The van der Waals surface area contributed by atoms with Gasteiger partial charge in [0, 0.05) is 19.3 Å². The number of carbonyl (C=O) groups excluding carboxylic acids is 3. The maximum atomic E-state index is 12.8. The standard InChI is InChI=1S/C61H114O6/c1-4-7-10-13-16-19-22-23-24-25-26-27-28-29-30-31-32-33-34-35-36-37-38-40-42-45-48-51-54-60(63)66-57-58(56-65-59(62)53-50-47-44-41-21-18-15-12-9-6-3)67-61(64)55-52-49-46-43-39-20-17-14-11-8-5-2/h12,14-15,17,58H,4-11,13,16,18-57H2,1-3H3/b15-12-,17-14-. The van der Waals surface area contributed by atoms with Gasteiger partial charge in [-0.2, -0.15) is 0 Å². The van der Waals surface area contributed by atoms with E-state index < -0.39 is 6.10 Å². The van der Waals surface area contributed by atoms with Gasteiger partial charge in [0.1, 0.15) is 13.2 Å². The van der Waals surface area contributed by atoms with Crippen molar-refractivity contribution in [3.8, 4) is 0 Å². The van der Waals surface area contributed by atoms with Crippen LogP contribution in [0.5, 0.6) is 0 Å². The van der Waals surface area contributed by atoms with Crippen molar-refractivity contribution in [1.29, 1.82) is 0 Å². The van der Waals surface area contributed by atoms with E-state index in [1.54, 1.807) is 0 Å². The van der Waals surface area contributed by atoms with Gasteiger partial charge in [0.15, 0.2) is 6.10 Å². The van der Waals surface area contributed by atoms with Gasteiger partial charge < -0.3 is 14.2 Å². The minimum absolute atomic E-state index is 0.0735. The molecule has 6 nitrogen and oxygen atoms in total. The van der Waals surface area contributed by atoms with Gasteiger partial charge in [-0.25, -0.2) is 0 Å². The van der Waals surface area contributed by atoms with Crippen LogP contribution in [0.1, 0.15) is 329 Å². The van der Waals surface area contributed by atoms with Crippen molar-refractivity contribution in [2.75, 3.05) is 13.2 Å². The summed E-state index contributed by atoms with van der Waals surface area (Å²) in [5.74, 6) is -0.879. The molecule has 0 spiro atoms. The average molecular weight is 944 g/mol. The molecular formula is C61H114O6. The lowest BCUT2D eigenvalue weighted by Gasteiger charge is -2.18. The number of allylic oxidation sites excluding steroid dienone is 4. The Morgan fingerprint density at radius 3 is 0.851 bits per heavy atom. The molecule has 6 heteroatoms. The SMILES string of the molecule is CCC/C=C\CCCCCCCC(=O)OCC(COC(=O)CCCCCCCCCCCCCCCCCCCCCCCCCCCCCC)OC(=O)CCCCCCC/C=C\CCCC. The third kappa shape index (κ3) is 54.7. The minimum atomic E-state index is -0.774. The molecule has 394 valence electrons. The maximum Gasteiger partial charge on any atom is 0.306 e. The van der Waals surface area contributed by atoms with Gasteiger partial charge in [-0.3, -0.25) is 14.4 Å². The second-order valence-corrected chi connectivity index (χ2v) is 20.3. The predicted molar refractivity (Wildman–Crippen MR) is 289 cm³/mol. The van der Waals surface area contributed by atoms with Gasteiger partial charge >= 0.3 is 17.9 Å². The van der Waals surface area contributed by atoms with E-state index in [2.05, 4.69) is 45.1 Å². The highest BCUT2D eigenvalue weighted by molar-refractivity contribution is 5.71. The summed E-state index contributed by atoms with van der Waals surface area (Å²) < 4.78 is 16.8. The molecule has 1 atom stereocenters. The molecule has 0 bridgehead atoms. The van der Waals surface area contributed by atoms with E-state index in [1.807, 2.05) is 0 Å². The van der Waals surface area contributed by atoms with E-state index in [0.29, 0.717) is 19.3 Å². The van der Waals surface area contributed by atoms with Gasteiger partial charge in [-0.05, 0) is 57.8 Å². The molecular weight excluding hydrogens is 829 g/mol. The third-order valence-corrected chi connectivity index (χ3v) is 13.4. The zero-order chi connectivity index (χ0) is 48.6. The summed E-state index contributed by atoms with van der Waals surface area (Å²) in [6.45, 7) is 6.57. The first kappa shape index (κ1) is 64.9. The molecule has 1 unspecified atom stereocenters. The molecule has 0 saturated heterocycles. The molecule has 0 fully saturated rings. The number of unbranched alkanes of at least 4 members (excludes halogenated alkanes) is 40. The van der Waals surface area contributed by atoms with E-state index in [-0.39, 0.29) is 31.1 Å². The lowest BCUT2D eigenvalue weighted by Crippen LogP contribution is -2.30. The second kappa shape index (κ2) is 56.5. The Hall–Kier alpha value is -2.11. The van der Waals surface area contributed by atoms with Gasteiger partial charge in [0.25, 0.3) is 0 Å². The van der Waals surface area contributed by atoms with Crippen molar-refractivity contribution < 1.29 is 28.6 Å². The van der Waals surface area contributed by atoms with Crippen LogP contribution in [0.3, 0.4) is 0 Å². The van der Waals surface area contributed by atoms with Crippen LogP contribution in [0, 0.1) is 0 Å². The minimum Gasteiger partial charge on any atom is -0.462 e. The number of hydrogen-bond donors (Lipinski definition) is 0. The van der Waals surface area contributed by atoms with Crippen LogP contribution >= 0.6 is 0 Å². The Morgan fingerprint density at radius 1 is 0.284 bits per heavy atom. The van der Waals surface area contributed by atoms with Crippen molar-refractivity contribution in [3.05, 3.63) is 24.3 Å². The van der Waals surface area contributed by atoms with Crippen molar-refractivity contribution >= 4 is 17.9 Å². The lowest BCUT2D eigenvalue weighted by molar-refractivity contribution is -0.167. The quantitative estimate of drug-likeness (QED) is 0.0262. The fourth-order valence-corrected chi connectivity index (χ4v) is 8.90. The molecule has 0 aromatic heterocycles. The zero-order valence-electron chi connectivity index (χ0n) is 45.2. The van der Waals surface area contributed by atoms with Crippen molar-refractivity contribution in [2.45, 2.75) is 335 Å². The predicted octanol–water partition coefficient (Wildman–Crippen LogP) is 19.9. The summed E-state index contributed by atoms with van der Waals surface area (Å²) in [4.78, 5) is 38.0. The van der Waals surface area contributed by atoms with Crippen molar-refractivity contribution in [3.63, 3.8) is 0 Å². The Bertz CT molecular complexity index is 1080. The number of rotatable bonds is 55. The molecule has 67 heavy (non-hydrogen) atoms. The Kier molecular flexibility index (Phi) is 54.7. The fraction of sp³-hybridized carbons (Fsp3) is 0.885. The van der Waals surface area contributed by atoms with Gasteiger partial charge in [-0.1, -0.05) is 276 Å². The second-order valence-electron chi connectivity index (χ2n) is 20.3. The Balaban J connectivity index is 4.04. The molecule has 0 aliphatic carbocycles. The highest BCUT2D eigenvalue weighted by Gasteiger charge is 2.19. The molecule has 0 saturated carbocycles. The normalized spacial score (nSPS) is 12.1. The average Bonchev–Trinajstić information content (AvgIpc) is 3.33. The van der Waals surface area contributed by atoms with E-state index in [0.717, 1.165) is 83.5 Å². The fourth-order valence-electron chi connectivity index (χ4n) is 8.90. The molecule has 0 aliphatic heterocycles. The first-order valence-corrected chi connectivity index (χ1v) is 29.8. The molecule has 0 radical (unpaired) electrons. The Labute approximate surface area is 417 Å². The van der Waals surface area contributed by atoms with Gasteiger partial charge in [-0.15, -0.1) is 0 Å². The molecule has 0 heterocycles. The van der Waals surface area contributed by atoms with Crippen LogP contribution in [-0.2, 0) is 28.6 Å². The summed E-state index contributed by atoms with van der Waals surface area (Å²) in [6.07, 6.45) is 66.4. The number of hydrogen-bond acceptors (Lipinski definition) is 6. The summed E-state index contributed by atoms with van der Waals surface area (Å²) in [5.41, 5.74) is 0. The third-order valence-electron chi connectivity index (χ3n) is 13.4. The molecule has 0 aromatic carbocycles. The molecule has 0 amide bonds. The van der Waals surface area contributed by atoms with Crippen molar-refractivity contribution in [1.82, 2.24) is 0 Å².